The second-order valence-electron chi connectivity index (χ2n) is 4.43. The van der Waals surface area contributed by atoms with Crippen LogP contribution in [0.5, 0.6) is 5.75 Å². The van der Waals surface area contributed by atoms with E-state index in [4.69, 9.17) is 22.2 Å². The molecule has 0 aliphatic carbocycles. The van der Waals surface area contributed by atoms with Gasteiger partial charge in [-0.3, -0.25) is 11.3 Å². The molecule has 2 aromatic carbocycles. The van der Waals surface area contributed by atoms with Crippen molar-refractivity contribution in [2.45, 2.75) is 12.5 Å². The quantitative estimate of drug-likeness (QED) is 0.657. The van der Waals surface area contributed by atoms with E-state index in [1.54, 1.807) is 19.2 Å². The van der Waals surface area contributed by atoms with Crippen molar-refractivity contribution >= 4 is 11.6 Å². The number of rotatable bonds is 5. The molecule has 0 aliphatic rings. The molecule has 0 aliphatic heterocycles. The fourth-order valence-corrected chi connectivity index (χ4v) is 2.18. The summed E-state index contributed by atoms with van der Waals surface area (Å²) in [4.78, 5) is 0. The van der Waals surface area contributed by atoms with Crippen molar-refractivity contribution < 1.29 is 9.13 Å². The van der Waals surface area contributed by atoms with Gasteiger partial charge in [-0.1, -0.05) is 29.8 Å². The summed E-state index contributed by atoms with van der Waals surface area (Å²) < 4.78 is 18.9. The van der Waals surface area contributed by atoms with Crippen molar-refractivity contribution in [2.75, 3.05) is 7.11 Å². The average molecular weight is 295 g/mol. The third-order valence-corrected chi connectivity index (χ3v) is 3.39. The minimum absolute atomic E-state index is 0.184. The van der Waals surface area contributed by atoms with Crippen molar-refractivity contribution in [3.05, 3.63) is 64.4 Å². The van der Waals surface area contributed by atoms with E-state index in [1.165, 1.54) is 6.07 Å². The number of methoxy groups -OCH3 is 1. The molecule has 0 radical (unpaired) electrons. The molecule has 5 heteroatoms. The van der Waals surface area contributed by atoms with Gasteiger partial charge in [0, 0.05) is 5.02 Å². The van der Waals surface area contributed by atoms with E-state index in [1.807, 2.05) is 24.3 Å². The summed E-state index contributed by atoms with van der Waals surface area (Å²) in [6.07, 6.45) is 0.436. The standard InChI is InChI=1S/C15H16ClFN2O/c1-20-13-6-3-10(4-7-13)15(19-18)8-11-2-5-12(16)9-14(11)17/h2-7,9,15,19H,8,18H2,1H3. The average Bonchev–Trinajstić information content (AvgIpc) is 2.47. The van der Waals surface area contributed by atoms with Gasteiger partial charge in [0.2, 0.25) is 0 Å². The highest BCUT2D eigenvalue weighted by Gasteiger charge is 2.13. The third kappa shape index (κ3) is 3.48. The van der Waals surface area contributed by atoms with E-state index < -0.39 is 0 Å². The van der Waals surface area contributed by atoms with Crippen LogP contribution in [0.1, 0.15) is 17.2 Å². The number of nitrogens with two attached hydrogens (primary N) is 1. The van der Waals surface area contributed by atoms with Crippen molar-refractivity contribution in [1.82, 2.24) is 5.43 Å². The van der Waals surface area contributed by atoms with Gasteiger partial charge in [-0.2, -0.15) is 0 Å². The largest absolute Gasteiger partial charge is 0.497 e. The molecule has 0 amide bonds. The normalized spacial score (nSPS) is 12.2. The first-order valence-corrected chi connectivity index (χ1v) is 6.56. The van der Waals surface area contributed by atoms with Crippen LogP contribution in [-0.2, 0) is 6.42 Å². The molecule has 1 atom stereocenters. The zero-order valence-electron chi connectivity index (χ0n) is 11.1. The number of nitrogens with one attached hydrogen (secondary N) is 1. The Morgan fingerprint density at radius 3 is 2.50 bits per heavy atom. The summed E-state index contributed by atoms with van der Waals surface area (Å²) in [7, 11) is 1.61. The van der Waals surface area contributed by atoms with E-state index in [-0.39, 0.29) is 11.9 Å². The summed E-state index contributed by atoms with van der Waals surface area (Å²) in [5, 5.41) is 0.382. The van der Waals surface area contributed by atoms with Gasteiger partial charge in [0.15, 0.2) is 0 Å². The van der Waals surface area contributed by atoms with E-state index in [0.29, 0.717) is 17.0 Å². The van der Waals surface area contributed by atoms with Crippen LogP contribution in [0.2, 0.25) is 5.02 Å². The zero-order chi connectivity index (χ0) is 14.5. The Morgan fingerprint density at radius 2 is 1.95 bits per heavy atom. The zero-order valence-corrected chi connectivity index (χ0v) is 11.8. The van der Waals surface area contributed by atoms with E-state index in [9.17, 15) is 4.39 Å². The lowest BCUT2D eigenvalue weighted by molar-refractivity contribution is 0.414. The molecular formula is C15H16ClFN2O. The monoisotopic (exact) mass is 294 g/mol. The second-order valence-corrected chi connectivity index (χ2v) is 4.87. The number of hydrazine groups is 1. The molecule has 0 bridgehead atoms. The Bertz CT molecular complexity index is 575. The lowest BCUT2D eigenvalue weighted by Gasteiger charge is -2.17. The van der Waals surface area contributed by atoms with Crippen molar-refractivity contribution in [1.29, 1.82) is 0 Å². The van der Waals surface area contributed by atoms with Gasteiger partial charge in [-0.15, -0.1) is 0 Å². The Labute approximate surface area is 122 Å². The number of halogens is 2. The van der Waals surface area contributed by atoms with Crippen LogP contribution in [-0.4, -0.2) is 7.11 Å². The van der Waals surface area contributed by atoms with Crippen LogP contribution in [0, 0.1) is 5.82 Å². The van der Waals surface area contributed by atoms with Gasteiger partial charge in [-0.05, 0) is 41.8 Å². The first-order chi connectivity index (χ1) is 9.63. The molecule has 3 N–H and O–H groups in total. The maximum Gasteiger partial charge on any atom is 0.127 e. The minimum Gasteiger partial charge on any atom is -0.497 e. The van der Waals surface area contributed by atoms with Crippen molar-refractivity contribution in [2.24, 2.45) is 5.84 Å². The van der Waals surface area contributed by atoms with Crippen LogP contribution in [0.4, 0.5) is 4.39 Å². The first kappa shape index (κ1) is 14.8. The van der Waals surface area contributed by atoms with E-state index >= 15 is 0 Å². The summed E-state index contributed by atoms with van der Waals surface area (Å²) in [6.45, 7) is 0. The van der Waals surface area contributed by atoms with Crippen LogP contribution >= 0.6 is 11.6 Å². The molecule has 2 rings (SSSR count). The Morgan fingerprint density at radius 1 is 1.25 bits per heavy atom. The van der Waals surface area contributed by atoms with Gasteiger partial charge < -0.3 is 4.74 Å². The van der Waals surface area contributed by atoms with Gasteiger partial charge >= 0.3 is 0 Å². The molecule has 1 unspecified atom stereocenters. The highest BCUT2D eigenvalue weighted by Crippen LogP contribution is 2.23. The van der Waals surface area contributed by atoms with E-state index in [2.05, 4.69) is 5.43 Å². The molecule has 0 spiro atoms. The lowest BCUT2D eigenvalue weighted by Crippen LogP contribution is -2.29. The Hall–Kier alpha value is -1.62. The molecule has 0 fully saturated rings. The molecule has 106 valence electrons. The number of hydrogen-bond acceptors (Lipinski definition) is 3. The minimum atomic E-state index is -0.328. The Balaban J connectivity index is 2.19. The molecule has 0 saturated heterocycles. The molecule has 0 saturated carbocycles. The molecule has 0 aromatic heterocycles. The van der Waals surface area contributed by atoms with Crippen LogP contribution in [0.25, 0.3) is 0 Å². The molecule has 20 heavy (non-hydrogen) atoms. The third-order valence-electron chi connectivity index (χ3n) is 3.16. The van der Waals surface area contributed by atoms with Crippen molar-refractivity contribution in [3.8, 4) is 5.75 Å². The van der Waals surface area contributed by atoms with Crippen LogP contribution in [0.3, 0.4) is 0 Å². The second kappa shape index (κ2) is 6.70. The molecule has 0 heterocycles. The lowest BCUT2D eigenvalue weighted by atomic mass is 9.99. The fourth-order valence-electron chi connectivity index (χ4n) is 2.02. The van der Waals surface area contributed by atoms with Gasteiger partial charge in [0.25, 0.3) is 0 Å². The van der Waals surface area contributed by atoms with Gasteiger partial charge in [-0.25, -0.2) is 4.39 Å². The predicted molar refractivity (Wildman–Crippen MR) is 78.2 cm³/mol. The number of ether oxygens (including phenoxy) is 1. The molecular weight excluding hydrogens is 279 g/mol. The Kier molecular flexibility index (Phi) is 4.95. The maximum atomic E-state index is 13.8. The highest BCUT2D eigenvalue weighted by atomic mass is 35.5. The molecule has 3 nitrogen and oxygen atoms in total. The fraction of sp³-hybridized carbons (Fsp3) is 0.200. The summed E-state index contributed by atoms with van der Waals surface area (Å²) in [5.41, 5.74) is 4.23. The van der Waals surface area contributed by atoms with Crippen LogP contribution < -0.4 is 16.0 Å². The first-order valence-electron chi connectivity index (χ1n) is 6.18. The summed E-state index contributed by atoms with van der Waals surface area (Å²) in [5.74, 6) is 6.01. The van der Waals surface area contributed by atoms with Crippen LogP contribution in [0.15, 0.2) is 42.5 Å². The summed E-state index contributed by atoms with van der Waals surface area (Å²) in [6, 6.07) is 12.0. The smallest absolute Gasteiger partial charge is 0.127 e. The highest BCUT2D eigenvalue weighted by molar-refractivity contribution is 6.30. The SMILES string of the molecule is COc1ccc(C(Cc2ccc(Cl)cc2F)NN)cc1. The van der Waals surface area contributed by atoms with E-state index in [0.717, 1.165) is 11.3 Å². The maximum absolute atomic E-state index is 13.8. The number of hydrogen-bond donors (Lipinski definition) is 2. The number of benzene rings is 2. The predicted octanol–water partition coefficient (Wildman–Crippen LogP) is 3.23. The van der Waals surface area contributed by atoms with Crippen molar-refractivity contribution in [3.63, 3.8) is 0 Å². The summed E-state index contributed by atoms with van der Waals surface area (Å²) >= 11 is 5.74. The topological polar surface area (TPSA) is 47.3 Å². The van der Waals surface area contributed by atoms with Gasteiger partial charge in [0.1, 0.15) is 11.6 Å². The van der Waals surface area contributed by atoms with Gasteiger partial charge in [0.05, 0.1) is 13.2 Å². The molecule has 2 aromatic rings.